The molecule has 2 aromatic rings. The summed E-state index contributed by atoms with van der Waals surface area (Å²) in [5.41, 5.74) is 2.89. The fourth-order valence-electron chi connectivity index (χ4n) is 2.92. The lowest BCUT2D eigenvalue weighted by Gasteiger charge is -2.26. The fourth-order valence-corrected chi connectivity index (χ4v) is 4.09. The van der Waals surface area contributed by atoms with Crippen molar-refractivity contribution < 1.29 is 13.2 Å². The van der Waals surface area contributed by atoms with Crippen molar-refractivity contribution in [2.45, 2.75) is 20.3 Å². The lowest BCUT2D eigenvalue weighted by atomic mass is 10.1. The molecule has 3 rings (SSSR count). The molecule has 0 unspecified atom stereocenters. The Hall–Kier alpha value is -1.81. The minimum absolute atomic E-state index is 0.329. The van der Waals surface area contributed by atoms with E-state index < -0.39 is 10.2 Å². The first kappa shape index (κ1) is 18.0. The summed E-state index contributed by atoms with van der Waals surface area (Å²) >= 11 is 0. The number of hydrogen-bond donors (Lipinski definition) is 1. The topological polar surface area (TPSA) is 89.3 Å². The van der Waals surface area contributed by atoms with Crippen molar-refractivity contribution in [2.75, 3.05) is 32.8 Å². The number of nitrogens with one attached hydrogen (secondary N) is 1. The summed E-state index contributed by atoms with van der Waals surface area (Å²) < 4.78 is 35.7. The standard InChI is InChI=1S/C16H23N5O3S/c1-13-15(14(2)21(19-13)16-5-3-4-7-17-16)6-8-18-25(22,23)20-9-11-24-12-10-20/h3-5,7,18H,6,8-12H2,1-2H3. The molecule has 0 atom stereocenters. The molecule has 1 N–H and O–H groups in total. The van der Waals surface area contributed by atoms with Crippen LogP contribution in [0, 0.1) is 13.8 Å². The highest BCUT2D eigenvalue weighted by Gasteiger charge is 2.24. The molecule has 0 amide bonds. The van der Waals surface area contributed by atoms with Crippen LogP contribution >= 0.6 is 0 Å². The Morgan fingerprint density at radius 2 is 2.00 bits per heavy atom. The van der Waals surface area contributed by atoms with E-state index in [1.807, 2.05) is 32.0 Å². The maximum atomic E-state index is 12.3. The Morgan fingerprint density at radius 1 is 1.24 bits per heavy atom. The van der Waals surface area contributed by atoms with Crippen molar-refractivity contribution in [3.63, 3.8) is 0 Å². The third-order valence-corrected chi connectivity index (χ3v) is 5.89. The predicted molar refractivity (Wildman–Crippen MR) is 93.9 cm³/mol. The number of aromatic nitrogens is 3. The molecule has 0 spiro atoms. The molecule has 1 aliphatic heterocycles. The van der Waals surface area contributed by atoms with E-state index in [4.69, 9.17) is 4.74 Å². The van der Waals surface area contributed by atoms with Gasteiger partial charge in [-0.25, -0.2) is 14.4 Å². The van der Waals surface area contributed by atoms with E-state index in [2.05, 4.69) is 14.8 Å². The van der Waals surface area contributed by atoms with Crippen LogP contribution in [0.3, 0.4) is 0 Å². The lowest BCUT2D eigenvalue weighted by Crippen LogP contribution is -2.47. The third kappa shape index (κ3) is 4.06. The summed E-state index contributed by atoms with van der Waals surface area (Å²) in [4.78, 5) is 4.32. The zero-order valence-electron chi connectivity index (χ0n) is 14.5. The average molecular weight is 365 g/mol. The summed E-state index contributed by atoms with van der Waals surface area (Å²) in [5.74, 6) is 0.753. The Balaban J connectivity index is 1.67. The second-order valence-corrected chi connectivity index (χ2v) is 7.67. The molecule has 9 heteroatoms. The largest absolute Gasteiger partial charge is 0.379 e. The molecular formula is C16H23N5O3S. The quantitative estimate of drug-likeness (QED) is 0.809. The predicted octanol–water partition coefficient (Wildman–Crippen LogP) is 0.593. The summed E-state index contributed by atoms with van der Waals surface area (Å²) in [6.45, 7) is 5.90. The van der Waals surface area contributed by atoms with E-state index in [1.165, 1.54) is 4.31 Å². The molecule has 1 fully saturated rings. The van der Waals surface area contributed by atoms with Gasteiger partial charge in [-0.3, -0.25) is 0 Å². The first-order valence-corrected chi connectivity index (χ1v) is 9.72. The van der Waals surface area contributed by atoms with Crippen LogP contribution in [-0.4, -0.2) is 60.3 Å². The second kappa shape index (κ2) is 7.61. The van der Waals surface area contributed by atoms with Gasteiger partial charge in [0.15, 0.2) is 5.82 Å². The molecule has 0 saturated carbocycles. The van der Waals surface area contributed by atoms with E-state index in [9.17, 15) is 8.42 Å². The first-order valence-electron chi connectivity index (χ1n) is 8.28. The number of aryl methyl sites for hydroxylation is 1. The van der Waals surface area contributed by atoms with E-state index in [0.29, 0.717) is 39.3 Å². The maximum absolute atomic E-state index is 12.3. The van der Waals surface area contributed by atoms with Crippen molar-refractivity contribution in [2.24, 2.45) is 0 Å². The fraction of sp³-hybridized carbons (Fsp3) is 0.500. The van der Waals surface area contributed by atoms with Crippen LogP contribution in [0.5, 0.6) is 0 Å². The summed E-state index contributed by atoms with van der Waals surface area (Å²) in [6, 6.07) is 5.66. The SMILES string of the molecule is Cc1nn(-c2ccccn2)c(C)c1CCNS(=O)(=O)N1CCOCC1. The van der Waals surface area contributed by atoms with Crippen LogP contribution < -0.4 is 4.72 Å². The van der Waals surface area contributed by atoms with Crippen molar-refractivity contribution in [1.29, 1.82) is 0 Å². The number of morpholine rings is 1. The van der Waals surface area contributed by atoms with Crippen molar-refractivity contribution in [3.8, 4) is 5.82 Å². The van der Waals surface area contributed by atoms with Crippen LogP contribution in [0.2, 0.25) is 0 Å². The Morgan fingerprint density at radius 3 is 2.68 bits per heavy atom. The highest BCUT2D eigenvalue weighted by atomic mass is 32.2. The lowest BCUT2D eigenvalue weighted by molar-refractivity contribution is 0.0725. The van der Waals surface area contributed by atoms with Gasteiger partial charge in [0.05, 0.1) is 18.9 Å². The average Bonchev–Trinajstić information content (AvgIpc) is 2.91. The van der Waals surface area contributed by atoms with Gasteiger partial charge in [0, 0.05) is 31.5 Å². The maximum Gasteiger partial charge on any atom is 0.279 e. The molecule has 1 aliphatic rings. The number of rotatable bonds is 6. The van der Waals surface area contributed by atoms with Gasteiger partial charge in [-0.2, -0.15) is 17.8 Å². The zero-order valence-corrected chi connectivity index (χ0v) is 15.3. The molecule has 136 valence electrons. The van der Waals surface area contributed by atoms with Gasteiger partial charge in [-0.15, -0.1) is 0 Å². The smallest absolute Gasteiger partial charge is 0.279 e. The van der Waals surface area contributed by atoms with Gasteiger partial charge in [-0.1, -0.05) is 6.07 Å². The van der Waals surface area contributed by atoms with Crippen LogP contribution in [0.1, 0.15) is 17.0 Å². The summed E-state index contributed by atoms with van der Waals surface area (Å²) in [5, 5.41) is 4.54. The first-order chi connectivity index (χ1) is 12.0. The highest BCUT2D eigenvalue weighted by molar-refractivity contribution is 7.87. The van der Waals surface area contributed by atoms with Crippen molar-refractivity contribution in [1.82, 2.24) is 23.8 Å². The van der Waals surface area contributed by atoms with Gasteiger partial charge < -0.3 is 4.74 Å². The minimum atomic E-state index is -3.46. The minimum Gasteiger partial charge on any atom is -0.379 e. The zero-order chi connectivity index (χ0) is 17.9. The van der Waals surface area contributed by atoms with Gasteiger partial charge >= 0.3 is 0 Å². The second-order valence-electron chi connectivity index (χ2n) is 5.91. The van der Waals surface area contributed by atoms with E-state index >= 15 is 0 Å². The number of hydrogen-bond acceptors (Lipinski definition) is 5. The van der Waals surface area contributed by atoms with Crippen LogP contribution in [0.15, 0.2) is 24.4 Å². The van der Waals surface area contributed by atoms with E-state index in [-0.39, 0.29) is 0 Å². The number of nitrogens with zero attached hydrogens (tertiary/aromatic N) is 4. The van der Waals surface area contributed by atoms with E-state index in [1.54, 1.807) is 10.9 Å². The molecule has 0 aliphatic carbocycles. The summed E-state index contributed by atoms with van der Waals surface area (Å²) in [6.07, 6.45) is 2.30. The Kier molecular flexibility index (Phi) is 5.48. The van der Waals surface area contributed by atoms with Gasteiger partial charge in [0.2, 0.25) is 0 Å². The van der Waals surface area contributed by atoms with Gasteiger partial charge in [0.1, 0.15) is 0 Å². The van der Waals surface area contributed by atoms with Crippen molar-refractivity contribution >= 4 is 10.2 Å². The molecule has 0 aromatic carbocycles. The van der Waals surface area contributed by atoms with Gasteiger partial charge in [-0.05, 0) is 38.0 Å². The molecule has 8 nitrogen and oxygen atoms in total. The number of pyridine rings is 1. The highest BCUT2D eigenvalue weighted by Crippen LogP contribution is 2.17. The summed E-state index contributed by atoms with van der Waals surface area (Å²) in [7, 11) is -3.46. The number of ether oxygens (including phenoxy) is 1. The molecule has 2 aromatic heterocycles. The van der Waals surface area contributed by atoms with Crippen LogP contribution in [0.25, 0.3) is 5.82 Å². The van der Waals surface area contributed by atoms with Gasteiger partial charge in [0.25, 0.3) is 10.2 Å². The molecule has 25 heavy (non-hydrogen) atoms. The van der Waals surface area contributed by atoms with E-state index in [0.717, 1.165) is 22.8 Å². The Bertz CT molecular complexity index is 814. The molecule has 0 bridgehead atoms. The Labute approximate surface area is 148 Å². The molecule has 1 saturated heterocycles. The van der Waals surface area contributed by atoms with Crippen LogP contribution in [0.4, 0.5) is 0 Å². The third-order valence-electron chi connectivity index (χ3n) is 4.28. The molecular weight excluding hydrogens is 342 g/mol. The monoisotopic (exact) mass is 365 g/mol. The molecule has 0 radical (unpaired) electrons. The normalized spacial score (nSPS) is 16.2. The van der Waals surface area contributed by atoms with Crippen LogP contribution in [-0.2, 0) is 21.4 Å². The molecule has 3 heterocycles. The van der Waals surface area contributed by atoms with Crippen molar-refractivity contribution in [3.05, 3.63) is 41.3 Å².